The highest BCUT2D eigenvalue weighted by atomic mass is 35.5. The molecule has 6 heteroatoms. The molecule has 29 heavy (non-hydrogen) atoms. The highest BCUT2D eigenvalue weighted by molar-refractivity contribution is 6.31. The van der Waals surface area contributed by atoms with Gasteiger partial charge in [0.25, 0.3) is 5.69 Å². The van der Waals surface area contributed by atoms with Crippen LogP contribution in [0.3, 0.4) is 0 Å². The second-order valence-electron chi connectivity index (χ2n) is 7.87. The van der Waals surface area contributed by atoms with Gasteiger partial charge in [0.1, 0.15) is 0 Å². The topological polar surface area (TPSA) is 63.5 Å². The minimum atomic E-state index is -0.354. The zero-order valence-corrected chi connectivity index (χ0v) is 17.5. The van der Waals surface area contributed by atoms with E-state index < -0.39 is 0 Å². The molecule has 1 fully saturated rings. The molecule has 0 atom stereocenters. The molecule has 2 aromatic carbocycles. The van der Waals surface area contributed by atoms with E-state index in [9.17, 15) is 14.9 Å². The number of benzene rings is 2. The van der Waals surface area contributed by atoms with Crippen molar-refractivity contribution in [1.82, 2.24) is 4.90 Å². The predicted molar refractivity (Wildman–Crippen MR) is 116 cm³/mol. The fraction of sp³-hybridized carbons (Fsp3) is 0.435. The molecule has 0 spiro atoms. The number of rotatable bonds is 8. The van der Waals surface area contributed by atoms with Gasteiger partial charge in [-0.25, -0.2) is 0 Å². The van der Waals surface area contributed by atoms with Gasteiger partial charge in [0.05, 0.1) is 4.92 Å². The zero-order valence-electron chi connectivity index (χ0n) is 16.7. The minimum Gasteiger partial charge on any atom is -0.303 e. The number of hydrogen-bond donors (Lipinski definition) is 0. The van der Waals surface area contributed by atoms with Crippen molar-refractivity contribution in [1.29, 1.82) is 0 Å². The highest BCUT2D eigenvalue weighted by Crippen LogP contribution is 2.35. The Kier molecular flexibility index (Phi) is 7.40. The Morgan fingerprint density at radius 3 is 2.45 bits per heavy atom. The van der Waals surface area contributed by atoms with Gasteiger partial charge in [0.2, 0.25) is 0 Å². The average Bonchev–Trinajstić information content (AvgIpc) is 2.73. The number of non-ortho nitro benzene ring substituents is 1. The van der Waals surface area contributed by atoms with Crippen molar-refractivity contribution >= 4 is 23.1 Å². The molecule has 0 radical (unpaired) electrons. The van der Waals surface area contributed by atoms with Crippen LogP contribution < -0.4 is 0 Å². The standard InChI is InChI=1S/C23H27ClN2O3/c1-25(15-3-6-23(27)19-4-2-5-20(24)16-19)21-11-7-17(8-12-21)18-9-13-22(14-10-18)26(28)29/h2,4-5,9-10,13-14,16-17,21H,3,6-8,11-12,15H2,1H3. The second-order valence-corrected chi connectivity index (χ2v) is 8.31. The van der Waals surface area contributed by atoms with Crippen LogP contribution in [0.5, 0.6) is 0 Å². The van der Waals surface area contributed by atoms with Crippen molar-refractivity contribution in [2.24, 2.45) is 0 Å². The van der Waals surface area contributed by atoms with Crippen LogP contribution >= 0.6 is 11.6 Å². The van der Waals surface area contributed by atoms with Gasteiger partial charge in [-0.15, -0.1) is 0 Å². The number of hydrogen-bond acceptors (Lipinski definition) is 4. The smallest absolute Gasteiger partial charge is 0.269 e. The summed E-state index contributed by atoms with van der Waals surface area (Å²) in [6.45, 7) is 0.902. The lowest BCUT2D eigenvalue weighted by molar-refractivity contribution is -0.384. The molecule has 0 amide bonds. The third kappa shape index (κ3) is 5.87. The Hall–Kier alpha value is -2.24. The fourth-order valence-electron chi connectivity index (χ4n) is 4.20. The minimum absolute atomic E-state index is 0.141. The van der Waals surface area contributed by atoms with Crippen molar-refractivity contribution < 1.29 is 9.72 Å². The molecule has 0 heterocycles. The van der Waals surface area contributed by atoms with E-state index in [4.69, 9.17) is 11.6 Å². The van der Waals surface area contributed by atoms with Gasteiger partial charge < -0.3 is 4.90 Å². The third-order valence-corrected chi connectivity index (χ3v) is 6.19. The van der Waals surface area contributed by atoms with Crippen molar-refractivity contribution in [3.63, 3.8) is 0 Å². The summed E-state index contributed by atoms with van der Waals surface area (Å²) in [5.41, 5.74) is 2.03. The number of Topliss-reactive ketones (excluding diaryl/α,β-unsaturated/α-hetero) is 1. The van der Waals surface area contributed by atoms with Gasteiger partial charge >= 0.3 is 0 Å². The Balaban J connectivity index is 1.42. The molecule has 1 aliphatic carbocycles. The van der Waals surface area contributed by atoms with E-state index in [1.54, 1.807) is 24.3 Å². The second kappa shape index (κ2) is 9.99. The average molecular weight is 415 g/mol. The van der Waals surface area contributed by atoms with Crippen LogP contribution in [0.1, 0.15) is 60.4 Å². The van der Waals surface area contributed by atoms with Gasteiger partial charge in [-0.3, -0.25) is 14.9 Å². The van der Waals surface area contributed by atoms with Gasteiger partial charge in [0.15, 0.2) is 5.78 Å². The number of carbonyl (C=O) groups excluding carboxylic acids is 1. The van der Waals surface area contributed by atoms with E-state index in [2.05, 4.69) is 11.9 Å². The fourth-order valence-corrected chi connectivity index (χ4v) is 4.39. The Bertz CT molecular complexity index is 845. The van der Waals surface area contributed by atoms with Crippen molar-refractivity contribution in [2.75, 3.05) is 13.6 Å². The van der Waals surface area contributed by atoms with E-state index in [-0.39, 0.29) is 16.4 Å². The van der Waals surface area contributed by atoms with Crippen LogP contribution in [-0.4, -0.2) is 35.2 Å². The van der Waals surface area contributed by atoms with Crippen LogP contribution in [0, 0.1) is 10.1 Å². The van der Waals surface area contributed by atoms with Crippen molar-refractivity contribution in [3.8, 4) is 0 Å². The number of ketones is 1. The quantitative estimate of drug-likeness (QED) is 0.308. The molecule has 0 N–H and O–H groups in total. The summed E-state index contributed by atoms with van der Waals surface area (Å²) in [6, 6.07) is 14.7. The molecular formula is C23H27ClN2O3. The Labute approximate surface area is 176 Å². The molecule has 5 nitrogen and oxygen atoms in total. The lowest BCUT2D eigenvalue weighted by atomic mass is 9.81. The van der Waals surface area contributed by atoms with E-state index in [1.165, 1.54) is 5.56 Å². The van der Waals surface area contributed by atoms with Gasteiger partial charge in [-0.05, 0) is 69.3 Å². The Morgan fingerprint density at radius 2 is 1.83 bits per heavy atom. The molecule has 2 aromatic rings. The summed E-state index contributed by atoms with van der Waals surface area (Å²) in [6.07, 6.45) is 5.77. The van der Waals surface area contributed by atoms with Crippen LogP contribution in [-0.2, 0) is 0 Å². The van der Waals surface area contributed by atoms with E-state index in [1.807, 2.05) is 24.3 Å². The number of nitro groups is 1. The van der Waals surface area contributed by atoms with Gasteiger partial charge in [-0.1, -0.05) is 35.9 Å². The number of nitro benzene ring substituents is 1. The lowest BCUT2D eigenvalue weighted by Gasteiger charge is -2.35. The number of carbonyl (C=O) groups is 1. The van der Waals surface area contributed by atoms with Crippen molar-refractivity contribution in [2.45, 2.75) is 50.5 Å². The molecule has 0 aromatic heterocycles. The SMILES string of the molecule is CN(CCCC(=O)c1cccc(Cl)c1)C1CCC(c2ccc([N+](=O)[O-])cc2)CC1. The third-order valence-electron chi connectivity index (χ3n) is 5.96. The molecule has 154 valence electrons. The van der Waals surface area contributed by atoms with Crippen molar-refractivity contribution in [3.05, 3.63) is 74.8 Å². The maximum Gasteiger partial charge on any atom is 0.269 e. The predicted octanol–water partition coefficient (Wildman–Crippen LogP) is 5.87. The van der Waals surface area contributed by atoms with Gasteiger partial charge in [0, 0.05) is 35.2 Å². The largest absolute Gasteiger partial charge is 0.303 e. The van der Waals surface area contributed by atoms with Crippen LogP contribution in [0.15, 0.2) is 48.5 Å². The first kappa shape index (κ1) is 21.5. The summed E-state index contributed by atoms with van der Waals surface area (Å²) in [5, 5.41) is 11.4. The summed E-state index contributed by atoms with van der Waals surface area (Å²) < 4.78 is 0. The first-order valence-electron chi connectivity index (χ1n) is 10.2. The van der Waals surface area contributed by atoms with Crippen LogP contribution in [0.2, 0.25) is 5.02 Å². The van der Waals surface area contributed by atoms with E-state index in [0.29, 0.717) is 29.0 Å². The van der Waals surface area contributed by atoms with E-state index >= 15 is 0 Å². The molecule has 0 saturated heterocycles. The molecule has 0 aliphatic heterocycles. The molecule has 0 unspecified atom stereocenters. The summed E-state index contributed by atoms with van der Waals surface area (Å²) in [7, 11) is 2.14. The monoisotopic (exact) mass is 414 g/mol. The van der Waals surface area contributed by atoms with Crippen LogP contribution in [0.4, 0.5) is 5.69 Å². The maximum atomic E-state index is 12.3. The molecule has 1 aliphatic rings. The van der Waals surface area contributed by atoms with Crippen LogP contribution in [0.25, 0.3) is 0 Å². The number of nitrogens with zero attached hydrogens (tertiary/aromatic N) is 2. The number of halogens is 1. The maximum absolute atomic E-state index is 12.3. The molecular weight excluding hydrogens is 388 g/mol. The first-order valence-corrected chi connectivity index (χ1v) is 10.5. The summed E-state index contributed by atoms with van der Waals surface area (Å²) in [5.74, 6) is 0.618. The lowest BCUT2D eigenvalue weighted by Crippen LogP contribution is -2.35. The summed E-state index contributed by atoms with van der Waals surface area (Å²) >= 11 is 5.96. The normalized spacial score (nSPS) is 19.3. The Morgan fingerprint density at radius 1 is 1.14 bits per heavy atom. The molecule has 0 bridgehead atoms. The van der Waals surface area contributed by atoms with Gasteiger partial charge in [-0.2, -0.15) is 0 Å². The molecule has 1 saturated carbocycles. The molecule has 3 rings (SSSR count). The first-order chi connectivity index (χ1) is 13.9. The zero-order chi connectivity index (χ0) is 20.8. The highest BCUT2D eigenvalue weighted by Gasteiger charge is 2.25. The summed E-state index contributed by atoms with van der Waals surface area (Å²) in [4.78, 5) is 25.1. The van der Waals surface area contributed by atoms with E-state index in [0.717, 1.165) is 38.6 Å².